The van der Waals surface area contributed by atoms with E-state index in [0.29, 0.717) is 17.8 Å². The van der Waals surface area contributed by atoms with Gasteiger partial charge in [0.1, 0.15) is 5.69 Å². The molecule has 20 heavy (non-hydrogen) atoms. The molecule has 2 aromatic rings. The Hall–Kier alpha value is -2.43. The number of carbonyl (C=O) groups excluding carboxylic acids is 2. The molecular formula is C15H17N3O2. The van der Waals surface area contributed by atoms with Crippen LogP contribution in [-0.2, 0) is 13.5 Å². The SMILES string of the molecule is CC(=O)c1cc(C(=O)NCCc2cccnc2)n(C)c1. The summed E-state index contributed by atoms with van der Waals surface area (Å²) in [5.74, 6) is -0.223. The van der Waals surface area contributed by atoms with Gasteiger partial charge in [-0.25, -0.2) is 0 Å². The van der Waals surface area contributed by atoms with Crippen molar-refractivity contribution in [3.05, 3.63) is 53.6 Å². The van der Waals surface area contributed by atoms with Gasteiger partial charge in [0.15, 0.2) is 5.78 Å². The zero-order chi connectivity index (χ0) is 14.5. The van der Waals surface area contributed by atoms with Crippen molar-refractivity contribution in [2.45, 2.75) is 13.3 Å². The van der Waals surface area contributed by atoms with E-state index in [2.05, 4.69) is 10.3 Å². The second kappa shape index (κ2) is 6.14. The van der Waals surface area contributed by atoms with Crippen LogP contribution in [0.2, 0.25) is 0 Å². The molecule has 0 aliphatic heterocycles. The summed E-state index contributed by atoms with van der Waals surface area (Å²) in [5, 5.41) is 2.84. The number of amides is 1. The van der Waals surface area contributed by atoms with E-state index >= 15 is 0 Å². The van der Waals surface area contributed by atoms with Crippen LogP contribution < -0.4 is 5.32 Å². The maximum absolute atomic E-state index is 12.0. The van der Waals surface area contributed by atoms with Crippen molar-refractivity contribution >= 4 is 11.7 Å². The summed E-state index contributed by atoms with van der Waals surface area (Å²) in [6, 6.07) is 5.45. The number of rotatable bonds is 5. The smallest absolute Gasteiger partial charge is 0.267 e. The summed E-state index contributed by atoms with van der Waals surface area (Å²) in [4.78, 5) is 27.3. The first-order valence-corrected chi connectivity index (χ1v) is 6.42. The van der Waals surface area contributed by atoms with Crippen molar-refractivity contribution in [2.24, 2.45) is 7.05 Å². The Morgan fingerprint density at radius 3 is 2.80 bits per heavy atom. The molecule has 2 aromatic heterocycles. The largest absolute Gasteiger partial charge is 0.350 e. The lowest BCUT2D eigenvalue weighted by atomic mass is 10.2. The van der Waals surface area contributed by atoms with E-state index in [1.807, 2.05) is 12.1 Å². The summed E-state index contributed by atoms with van der Waals surface area (Å²) in [7, 11) is 1.75. The number of nitrogens with zero attached hydrogens (tertiary/aromatic N) is 2. The average Bonchev–Trinajstić information content (AvgIpc) is 2.82. The molecule has 0 bridgehead atoms. The molecule has 5 heteroatoms. The minimum atomic E-state index is -0.177. The van der Waals surface area contributed by atoms with E-state index < -0.39 is 0 Å². The Balaban J connectivity index is 1.93. The molecular weight excluding hydrogens is 254 g/mol. The average molecular weight is 271 g/mol. The summed E-state index contributed by atoms with van der Waals surface area (Å²) in [6.45, 7) is 2.02. The number of nitrogens with one attached hydrogen (secondary N) is 1. The molecule has 0 saturated heterocycles. The van der Waals surface area contributed by atoms with Crippen LogP contribution in [0.4, 0.5) is 0 Å². The van der Waals surface area contributed by atoms with Gasteiger partial charge in [-0.05, 0) is 31.0 Å². The van der Waals surface area contributed by atoms with Gasteiger partial charge in [0.25, 0.3) is 5.91 Å². The van der Waals surface area contributed by atoms with Gasteiger partial charge in [-0.2, -0.15) is 0 Å². The van der Waals surface area contributed by atoms with Crippen molar-refractivity contribution in [1.29, 1.82) is 0 Å². The van der Waals surface area contributed by atoms with Crippen LogP contribution in [0, 0.1) is 0 Å². The molecule has 0 aliphatic rings. The van der Waals surface area contributed by atoms with E-state index in [-0.39, 0.29) is 11.7 Å². The Bertz CT molecular complexity index is 617. The highest BCUT2D eigenvalue weighted by molar-refractivity contribution is 5.99. The molecule has 0 unspecified atom stereocenters. The molecule has 2 rings (SSSR count). The van der Waals surface area contributed by atoms with Gasteiger partial charge >= 0.3 is 0 Å². The summed E-state index contributed by atoms with van der Waals surface area (Å²) in [6.07, 6.45) is 5.89. The minimum absolute atomic E-state index is 0.0463. The summed E-state index contributed by atoms with van der Waals surface area (Å²) < 4.78 is 1.66. The fourth-order valence-corrected chi connectivity index (χ4v) is 1.94. The number of hydrogen-bond donors (Lipinski definition) is 1. The number of Topliss-reactive ketones (excluding diaryl/α,β-unsaturated/α-hetero) is 1. The normalized spacial score (nSPS) is 10.3. The highest BCUT2D eigenvalue weighted by Gasteiger charge is 2.13. The first kappa shape index (κ1) is 14.0. The van der Waals surface area contributed by atoms with Crippen LogP contribution in [0.5, 0.6) is 0 Å². The first-order chi connectivity index (χ1) is 9.58. The zero-order valence-electron chi connectivity index (χ0n) is 11.6. The molecule has 0 spiro atoms. The van der Waals surface area contributed by atoms with Crippen LogP contribution in [0.1, 0.15) is 33.3 Å². The second-order valence-corrected chi connectivity index (χ2v) is 4.65. The number of hydrogen-bond acceptors (Lipinski definition) is 3. The molecule has 0 aliphatic carbocycles. The van der Waals surface area contributed by atoms with E-state index in [1.165, 1.54) is 6.92 Å². The number of carbonyl (C=O) groups is 2. The standard InChI is InChI=1S/C15H17N3O2/c1-11(19)13-8-14(18(2)10-13)15(20)17-7-5-12-4-3-6-16-9-12/h3-4,6,8-10H,5,7H2,1-2H3,(H,17,20). The Morgan fingerprint density at radius 2 is 2.20 bits per heavy atom. The third-order valence-electron chi connectivity index (χ3n) is 3.07. The van der Waals surface area contributed by atoms with Crippen molar-refractivity contribution in [3.63, 3.8) is 0 Å². The van der Waals surface area contributed by atoms with Crippen LogP contribution in [0.25, 0.3) is 0 Å². The predicted molar refractivity (Wildman–Crippen MR) is 75.7 cm³/mol. The lowest BCUT2D eigenvalue weighted by molar-refractivity contribution is 0.0945. The van der Waals surface area contributed by atoms with Crippen LogP contribution in [0.3, 0.4) is 0 Å². The predicted octanol–water partition coefficient (Wildman–Crippen LogP) is 1.60. The molecule has 0 fully saturated rings. The first-order valence-electron chi connectivity index (χ1n) is 6.42. The maximum atomic E-state index is 12.0. The maximum Gasteiger partial charge on any atom is 0.267 e. The van der Waals surface area contributed by atoms with Gasteiger partial charge in [-0.15, -0.1) is 0 Å². The van der Waals surface area contributed by atoms with Gasteiger partial charge in [-0.1, -0.05) is 6.07 Å². The van der Waals surface area contributed by atoms with Gasteiger partial charge in [0.05, 0.1) is 0 Å². The van der Waals surface area contributed by atoms with E-state index in [0.717, 1.165) is 12.0 Å². The summed E-state index contributed by atoms with van der Waals surface area (Å²) in [5.41, 5.74) is 2.11. The number of ketones is 1. The molecule has 104 valence electrons. The topological polar surface area (TPSA) is 64.0 Å². The summed E-state index contributed by atoms with van der Waals surface area (Å²) >= 11 is 0. The second-order valence-electron chi connectivity index (χ2n) is 4.65. The lowest BCUT2D eigenvalue weighted by Gasteiger charge is -2.05. The van der Waals surface area contributed by atoms with Crippen molar-refractivity contribution < 1.29 is 9.59 Å². The van der Waals surface area contributed by atoms with Crippen molar-refractivity contribution in [2.75, 3.05) is 6.54 Å². The molecule has 0 atom stereocenters. The quantitative estimate of drug-likeness (QED) is 0.840. The monoisotopic (exact) mass is 271 g/mol. The van der Waals surface area contributed by atoms with E-state index in [9.17, 15) is 9.59 Å². The molecule has 5 nitrogen and oxygen atoms in total. The zero-order valence-corrected chi connectivity index (χ0v) is 11.6. The lowest BCUT2D eigenvalue weighted by Crippen LogP contribution is -2.27. The molecule has 0 radical (unpaired) electrons. The molecule has 1 N–H and O–H groups in total. The molecule has 0 aromatic carbocycles. The van der Waals surface area contributed by atoms with E-state index in [4.69, 9.17) is 0 Å². The number of pyridine rings is 1. The fourth-order valence-electron chi connectivity index (χ4n) is 1.94. The number of aromatic nitrogens is 2. The molecule has 2 heterocycles. The third kappa shape index (κ3) is 3.32. The third-order valence-corrected chi connectivity index (χ3v) is 3.07. The Morgan fingerprint density at radius 1 is 1.40 bits per heavy atom. The molecule has 0 saturated carbocycles. The fraction of sp³-hybridized carbons (Fsp3) is 0.267. The van der Waals surface area contributed by atoms with Crippen molar-refractivity contribution in [1.82, 2.24) is 14.9 Å². The van der Waals surface area contributed by atoms with Gasteiger partial charge in [0.2, 0.25) is 0 Å². The van der Waals surface area contributed by atoms with Gasteiger partial charge in [0, 0.05) is 37.7 Å². The highest BCUT2D eigenvalue weighted by Crippen LogP contribution is 2.08. The van der Waals surface area contributed by atoms with Gasteiger partial charge < -0.3 is 9.88 Å². The molecule has 1 amide bonds. The van der Waals surface area contributed by atoms with Crippen molar-refractivity contribution in [3.8, 4) is 0 Å². The minimum Gasteiger partial charge on any atom is -0.350 e. The Kier molecular flexibility index (Phi) is 4.30. The van der Waals surface area contributed by atoms with Gasteiger partial charge in [-0.3, -0.25) is 14.6 Å². The highest BCUT2D eigenvalue weighted by atomic mass is 16.2. The van der Waals surface area contributed by atoms with E-state index in [1.54, 1.807) is 36.3 Å². The van der Waals surface area contributed by atoms with Crippen LogP contribution in [-0.4, -0.2) is 27.8 Å². The van der Waals surface area contributed by atoms with Crippen LogP contribution in [0.15, 0.2) is 36.8 Å². The Labute approximate surface area is 117 Å². The number of aryl methyl sites for hydroxylation is 1. The van der Waals surface area contributed by atoms with Crippen LogP contribution >= 0.6 is 0 Å².